The van der Waals surface area contributed by atoms with Gasteiger partial charge in [0, 0.05) is 22.5 Å². The van der Waals surface area contributed by atoms with Gasteiger partial charge in [-0.2, -0.15) is 0 Å². The van der Waals surface area contributed by atoms with Crippen LogP contribution in [-0.4, -0.2) is 12.6 Å². The van der Waals surface area contributed by atoms with E-state index in [9.17, 15) is 0 Å². The molecule has 2 atom stereocenters. The minimum atomic E-state index is 0.324. The van der Waals surface area contributed by atoms with Crippen molar-refractivity contribution in [3.63, 3.8) is 0 Å². The van der Waals surface area contributed by atoms with E-state index in [0.717, 1.165) is 18.7 Å². The predicted molar refractivity (Wildman–Crippen MR) is 67.9 cm³/mol. The molecule has 0 bridgehead atoms. The van der Waals surface area contributed by atoms with Crippen molar-refractivity contribution in [2.45, 2.75) is 38.3 Å². The standard InChI is InChI=1S/C13H16BrNO/c1-8-5-9-6-10(14)7-11(13(9)16-8)12-3-2-4-15-12/h6-8,12,15H,2-5H2,1H3. The molecule has 0 radical (unpaired) electrons. The van der Waals surface area contributed by atoms with Crippen molar-refractivity contribution in [1.82, 2.24) is 5.32 Å². The molecule has 0 saturated carbocycles. The van der Waals surface area contributed by atoms with Crippen LogP contribution in [0.4, 0.5) is 0 Å². The molecule has 2 unspecified atom stereocenters. The second-order valence-electron chi connectivity index (χ2n) is 4.76. The summed E-state index contributed by atoms with van der Waals surface area (Å²) in [6.07, 6.45) is 3.85. The van der Waals surface area contributed by atoms with Crippen molar-refractivity contribution < 1.29 is 4.74 Å². The van der Waals surface area contributed by atoms with Gasteiger partial charge in [-0.25, -0.2) is 0 Å². The van der Waals surface area contributed by atoms with Gasteiger partial charge >= 0.3 is 0 Å². The maximum Gasteiger partial charge on any atom is 0.127 e. The van der Waals surface area contributed by atoms with Gasteiger partial charge in [0.2, 0.25) is 0 Å². The Labute approximate surface area is 105 Å². The van der Waals surface area contributed by atoms with E-state index in [1.54, 1.807) is 0 Å². The normalized spacial score (nSPS) is 27.9. The quantitative estimate of drug-likeness (QED) is 0.854. The molecule has 2 heterocycles. The molecule has 0 aromatic heterocycles. The fourth-order valence-corrected chi connectivity index (χ4v) is 3.25. The predicted octanol–water partition coefficient (Wildman–Crippen LogP) is 3.20. The first-order valence-corrected chi connectivity index (χ1v) is 6.75. The van der Waals surface area contributed by atoms with Gasteiger partial charge in [0.25, 0.3) is 0 Å². The Morgan fingerprint density at radius 1 is 1.44 bits per heavy atom. The minimum absolute atomic E-state index is 0.324. The molecule has 3 heteroatoms. The van der Waals surface area contributed by atoms with E-state index in [1.807, 2.05) is 0 Å². The van der Waals surface area contributed by atoms with Crippen LogP contribution < -0.4 is 10.1 Å². The maximum atomic E-state index is 5.94. The lowest BCUT2D eigenvalue weighted by Gasteiger charge is -2.16. The molecular weight excluding hydrogens is 266 g/mol. The molecule has 0 spiro atoms. The van der Waals surface area contributed by atoms with Gasteiger partial charge in [0.15, 0.2) is 0 Å². The summed E-state index contributed by atoms with van der Waals surface area (Å²) in [5, 5.41) is 3.54. The van der Waals surface area contributed by atoms with Crippen LogP contribution in [0.2, 0.25) is 0 Å². The summed E-state index contributed by atoms with van der Waals surface area (Å²) in [6, 6.07) is 4.88. The Hall–Kier alpha value is -0.540. The van der Waals surface area contributed by atoms with Gasteiger partial charge in [-0.3, -0.25) is 0 Å². The van der Waals surface area contributed by atoms with Crippen LogP contribution in [0.25, 0.3) is 0 Å². The third kappa shape index (κ3) is 1.76. The number of ether oxygens (including phenoxy) is 1. The number of hydrogen-bond acceptors (Lipinski definition) is 2. The van der Waals surface area contributed by atoms with Crippen LogP contribution in [-0.2, 0) is 6.42 Å². The summed E-state index contributed by atoms with van der Waals surface area (Å²) >= 11 is 3.60. The first kappa shape index (κ1) is 10.6. The first-order chi connectivity index (χ1) is 7.74. The topological polar surface area (TPSA) is 21.3 Å². The zero-order valence-corrected chi connectivity index (χ0v) is 11.0. The molecule has 0 amide bonds. The monoisotopic (exact) mass is 281 g/mol. The van der Waals surface area contributed by atoms with E-state index in [2.05, 4.69) is 40.3 Å². The molecule has 1 aromatic rings. The molecule has 16 heavy (non-hydrogen) atoms. The van der Waals surface area contributed by atoms with Crippen molar-refractivity contribution in [2.75, 3.05) is 6.54 Å². The molecule has 0 aliphatic carbocycles. The van der Waals surface area contributed by atoms with E-state index in [4.69, 9.17) is 4.74 Å². The third-order valence-corrected chi connectivity index (χ3v) is 3.88. The number of rotatable bonds is 1. The summed E-state index contributed by atoms with van der Waals surface area (Å²) in [7, 11) is 0. The minimum Gasteiger partial charge on any atom is -0.490 e. The van der Waals surface area contributed by atoms with E-state index >= 15 is 0 Å². The molecule has 2 aliphatic rings. The second-order valence-corrected chi connectivity index (χ2v) is 5.68. The highest BCUT2D eigenvalue weighted by Crippen LogP contribution is 2.40. The van der Waals surface area contributed by atoms with Gasteiger partial charge < -0.3 is 10.1 Å². The Morgan fingerprint density at radius 3 is 3.06 bits per heavy atom. The van der Waals surface area contributed by atoms with Crippen LogP contribution >= 0.6 is 15.9 Å². The largest absolute Gasteiger partial charge is 0.490 e. The number of benzene rings is 1. The van der Waals surface area contributed by atoms with E-state index < -0.39 is 0 Å². The molecule has 2 aliphatic heterocycles. The number of nitrogens with one attached hydrogen (secondary N) is 1. The maximum absolute atomic E-state index is 5.94. The van der Waals surface area contributed by atoms with Gasteiger partial charge in [-0.15, -0.1) is 0 Å². The second kappa shape index (κ2) is 4.04. The Bertz CT molecular complexity index is 413. The zero-order valence-electron chi connectivity index (χ0n) is 9.42. The highest BCUT2D eigenvalue weighted by Gasteiger charge is 2.27. The Balaban J connectivity index is 2.04. The van der Waals surface area contributed by atoms with Crippen LogP contribution in [0.15, 0.2) is 16.6 Å². The fraction of sp³-hybridized carbons (Fsp3) is 0.538. The molecule has 86 valence electrons. The molecule has 1 fully saturated rings. The van der Waals surface area contributed by atoms with Gasteiger partial charge in [-0.1, -0.05) is 15.9 Å². The average Bonchev–Trinajstić information content (AvgIpc) is 2.83. The van der Waals surface area contributed by atoms with Crippen molar-refractivity contribution in [2.24, 2.45) is 0 Å². The van der Waals surface area contributed by atoms with Crippen LogP contribution in [0.3, 0.4) is 0 Å². The van der Waals surface area contributed by atoms with E-state index in [-0.39, 0.29) is 0 Å². The van der Waals surface area contributed by atoms with E-state index in [1.165, 1.54) is 28.4 Å². The van der Waals surface area contributed by atoms with Crippen molar-refractivity contribution in [3.05, 3.63) is 27.7 Å². The lowest BCUT2D eigenvalue weighted by molar-refractivity contribution is 0.251. The smallest absolute Gasteiger partial charge is 0.127 e. The fourth-order valence-electron chi connectivity index (χ4n) is 2.73. The molecule has 2 nitrogen and oxygen atoms in total. The molecule has 1 aromatic carbocycles. The molecule has 1 N–H and O–H groups in total. The highest BCUT2D eigenvalue weighted by atomic mass is 79.9. The number of hydrogen-bond donors (Lipinski definition) is 1. The molecular formula is C13H16BrNO. The van der Waals surface area contributed by atoms with Crippen molar-refractivity contribution in [1.29, 1.82) is 0 Å². The van der Waals surface area contributed by atoms with Gasteiger partial charge in [-0.05, 0) is 44.0 Å². The molecule has 3 rings (SSSR count). The Morgan fingerprint density at radius 2 is 2.31 bits per heavy atom. The summed E-state index contributed by atoms with van der Waals surface area (Å²) in [4.78, 5) is 0. The van der Waals surface area contributed by atoms with Crippen LogP contribution in [0, 0.1) is 0 Å². The Kier molecular flexibility index (Phi) is 2.68. The van der Waals surface area contributed by atoms with Gasteiger partial charge in [0.05, 0.1) is 0 Å². The third-order valence-electron chi connectivity index (χ3n) is 3.42. The van der Waals surface area contributed by atoms with Crippen LogP contribution in [0.5, 0.6) is 5.75 Å². The number of fused-ring (bicyclic) bond motifs is 1. The average molecular weight is 282 g/mol. The lowest BCUT2D eigenvalue weighted by atomic mass is 10.0. The number of halogens is 1. The van der Waals surface area contributed by atoms with Crippen molar-refractivity contribution >= 4 is 15.9 Å². The zero-order chi connectivity index (χ0) is 11.1. The summed E-state index contributed by atoms with van der Waals surface area (Å²) in [5.74, 6) is 1.13. The summed E-state index contributed by atoms with van der Waals surface area (Å²) in [6.45, 7) is 3.27. The lowest BCUT2D eigenvalue weighted by Crippen LogP contribution is -2.14. The van der Waals surface area contributed by atoms with E-state index in [0.29, 0.717) is 12.1 Å². The van der Waals surface area contributed by atoms with Crippen LogP contribution in [0.1, 0.15) is 36.9 Å². The van der Waals surface area contributed by atoms with Gasteiger partial charge in [0.1, 0.15) is 11.9 Å². The molecule has 1 saturated heterocycles. The highest BCUT2D eigenvalue weighted by molar-refractivity contribution is 9.10. The van der Waals surface area contributed by atoms with Crippen molar-refractivity contribution in [3.8, 4) is 5.75 Å². The first-order valence-electron chi connectivity index (χ1n) is 5.96. The SMILES string of the molecule is CC1Cc2cc(Br)cc(C3CCCN3)c2O1. The summed E-state index contributed by atoms with van der Waals surface area (Å²) in [5.41, 5.74) is 2.69. The summed E-state index contributed by atoms with van der Waals surface area (Å²) < 4.78 is 7.12.